The van der Waals surface area contributed by atoms with Crippen molar-refractivity contribution >= 4 is 0 Å². The molecule has 1 N–H and O–H groups in total. The molecule has 3 rings (SSSR count). The predicted molar refractivity (Wildman–Crippen MR) is 73.3 cm³/mol. The monoisotopic (exact) mass is 281 g/mol. The highest BCUT2D eigenvalue weighted by atomic mass is 19.1. The molecule has 1 aliphatic heterocycles. The first-order chi connectivity index (χ1) is 9.43. The summed E-state index contributed by atoms with van der Waals surface area (Å²) in [7, 11) is 0. The molecule has 1 aromatic rings. The van der Waals surface area contributed by atoms with Crippen molar-refractivity contribution in [3.63, 3.8) is 0 Å². The average Bonchev–Trinajstić information content (AvgIpc) is 2.82. The summed E-state index contributed by atoms with van der Waals surface area (Å²) in [5.74, 6) is -0.509. The van der Waals surface area contributed by atoms with Crippen LogP contribution in [0.15, 0.2) is 18.2 Å². The Hall–Kier alpha value is -1.00. The minimum Gasteiger partial charge on any atom is -0.377 e. The maximum atomic E-state index is 13.8. The molecule has 1 saturated carbocycles. The van der Waals surface area contributed by atoms with E-state index in [1.807, 2.05) is 6.92 Å². The van der Waals surface area contributed by atoms with E-state index in [1.165, 1.54) is 18.2 Å². The van der Waals surface area contributed by atoms with Crippen LogP contribution in [0.25, 0.3) is 0 Å². The number of halogens is 2. The normalized spacial score (nSPS) is 32.5. The third kappa shape index (κ3) is 1.97. The number of ether oxygens (including phenoxy) is 1. The molecule has 1 aliphatic carbocycles. The summed E-state index contributed by atoms with van der Waals surface area (Å²) in [6, 6.07) is 3.91. The van der Waals surface area contributed by atoms with Crippen molar-refractivity contribution in [1.82, 2.24) is 5.32 Å². The van der Waals surface area contributed by atoms with Gasteiger partial charge in [0.2, 0.25) is 0 Å². The molecule has 1 heterocycles. The fraction of sp³-hybridized carbons (Fsp3) is 0.625. The molecule has 4 heteroatoms. The highest BCUT2D eigenvalue weighted by Gasteiger charge is 2.59. The van der Waals surface area contributed by atoms with E-state index in [1.54, 1.807) is 0 Å². The Bertz CT molecular complexity index is 497. The Balaban J connectivity index is 1.78. The molecule has 0 aromatic heterocycles. The number of hydrogen-bond donors (Lipinski definition) is 1. The molecule has 0 amide bonds. The summed E-state index contributed by atoms with van der Waals surface area (Å²) in [6.07, 6.45) is 1.30. The summed E-state index contributed by atoms with van der Waals surface area (Å²) < 4.78 is 33.4. The molecule has 2 nitrogen and oxygen atoms in total. The van der Waals surface area contributed by atoms with Crippen LogP contribution in [0.2, 0.25) is 0 Å². The first-order valence-corrected chi connectivity index (χ1v) is 7.24. The Morgan fingerprint density at radius 3 is 2.60 bits per heavy atom. The van der Waals surface area contributed by atoms with Gasteiger partial charge < -0.3 is 10.1 Å². The van der Waals surface area contributed by atoms with E-state index in [-0.39, 0.29) is 29.2 Å². The molecular weight excluding hydrogens is 260 g/mol. The smallest absolute Gasteiger partial charge is 0.130 e. The lowest BCUT2D eigenvalue weighted by molar-refractivity contribution is -0.115. The van der Waals surface area contributed by atoms with E-state index in [0.29, 0.717) is 5.92 Å². The number of benzene rings is 1. The van der Waals surface area contributed by atoms with Crippen LogP contribution in [0, 0.1) is 23.0 Å². The largest absolute Gasteiger partial charge is 0.377 e. The second kappa shape index (κ2) is 4.78. The standard InChI is InChI=1S/C16H21F2NO/c1-9(13-11(17)5-4-6-12(13)18)19-14-10-7-8-20-15(10)16(14,2)3/h4-6,9-10,14-15,19H,7-8H2,1-3H3. The zero-order valence-corrected chi connectivity index (χ0v) is 12.1. The lowest BCUT2D eigenvalue weighted by Gasteiger charge is -2.55. The lowest BCUT2D eigenvalue weighted by Crippen LogP contribution is -2.66. The van der Waals surface area contributed by atoms with E-state index in [0.717, 1.165) is 13.0 Å². The van der Waals surface area contributed by atoms with Gasteiger partial charge in [-0.3, -0.25) is 0 Å². The summed E-state index contributed by atoms with van der Waals surface area (Å²) in [5, 5.41) is 3.42. The predicted octanol–water partition coefficient (Wildman–Crippen LogP) is 3.43. The topological polar surface area (TPSA) is 21.3 Å². The summed E-state index contributed by atoms with van der Waals surface area (Å²) in [6.45, 7) is 6.92. The first-order valence-electron chi connectivity index (χ1n) is 7.24. The lowest BCUT2D eigenvalue weighted by atomic mass is 9.57. The van der Waals surface area contributed by atoms with Crippen LogP contribution < -0.4 is 5.32 Å². The zero-order valence-electron chi connectivity index (χ0n) is 12.1. The van der Waals surface area contributed by atoms with E-state index in [4.69, 9.17) is 4.74 Å². The molecule has 1 aromatic carbocycles. The van der Waals surface area contributed by atoms with E-state index in [2.05, 4.69) is 19.2 Å². The molecule has 2 aliphatic rings. The van der Waals surface area contributed by atoms with Gasteiger partial charge in [0, 0.05) is 35.6 Å². The van der Waals surface area contributed by atoms with Gasteiger partial charge in [0.05, 0.1) is 6.10 Å². The van der Waals surface area contributed by atoms with Crippen molar-refractivity contribution in [2.24, 2.45) is 11.3 Å². The van der Waals surface area contributed by atoms with Gasteiger partial charge in [0.25, 0.3) is 0 Å². The van der Waals surface area contributed by atoms with Crippen molar-refractivity contribution < 1.29 is 13.5 Å². The molecule has 1 saturated heterocycles. The molecule has 0 bridgehead atoms. The first kappa shape index (κ1) is 14.0. The van der Waals surface area contributed by atoms with Crippen LogP contribution in [0.5, 0.6) is 0 Å². The minimum absolute atomic E-state index is 0.0111. The van der Waals surface area contributed by atoms with E-state index >= 15 is 0 Å². The average molecular weight is 281 g/mol. The minimum atomic E-state index is -0.485. The van der Waals surface area contributed by atoms with Crippen molar-refractivity contribution in [2.45, 2.75) is 45.4 Å². The van der Waals surface area contributed by atoms with Gasteiger partial charge in [-0.25, -0.2) is 8.78 Å². The number of fused-ring (bicyclic) bond motifs is 1. The SMILES string of the molecule is CC(NC1C2CCOC2C1(C)C)c1c(F)cccc1F. The fourth-order valence-corrected chi connectivity index (χ4v) is 3.94. The summed E-state index contributed by atoms with van der Waals surface area (Å²) in [5.41, 5.74) is 0.141. The van der Waals surface area contributed by atoms with Crippen LogP contribution >= 0.6 is 0 Å². The van der Waals surface area contributed by atoms with Crippen LogP contribution in [-0.4, -0.2) is 18.8 Å². The molecule has 4 atom stereocenters. The van der Waals surface area contributed by atoms with Gasteiger partial charge >= 0.3 is 0 Å². The van der Waals surface area contributed by atoms with Gasteiger partial charge in [-0.05, 0) is 25.5 Å². The van der Waals surface area contributed by atoms with Gasteiger partial charge in [0.15, 0.2) is 0 Å². The van der Waals surface area contributed by atoms with Crippen LogP contribution in [0.4, 0.5) is 8.78 Å². The Morgan fingerprint density at radius 2 is 1.95 bits per heavy atom. The zero-order chi connectivity index (χ0) is 14.5. The maximum absolute atomic E-state index is 13.8. The van der Waals surface area contributed by atoms with Gasteiger partial charge in [0.1, 0.15) is 11.6 Å². The Labute approximate surface area is 118 Å². The van der Waals surface area contributed by atoms with Gasteiger partial charge in [-0.2, -0.15) is 0 Å². The quantitative estimate of drug-likeness (QED) is 0.916. The van der Waals surface area contributed by atoms with Crippen LogP contribution in [0.1, 0.15) is 38.8 Å². The third-order valence-electron chi connectivity index (χ3n) is 4.96. The molecule has 2 fully saturated rings. The molecule has 4 unspecified atom stereocenters. The molecule has 110 valence electrons. The van der Waals surface area contributed by atoms with Crippen molar-refractivity contribution in [3.8, 4) is 0 Å². The Morgan fingerprint density at radius 1 is 1.30 bits per heavy atom. The van der Waals surface area contributed by atoms with Crippen molar-refractivity contribution in [1.29, 1.82) is 0 Å². The Kier molecular flexibility index (Phi) is 3.33. The third-order valence-corrected chi connectivity index (χ3v) is 4.96. The number of nitrogens with one attached hydrogen (secondary N) is 1. The fourth-order valence-electron chi connectivity index (χ4n) is 3.94. The van der Waals surface area contributed by atoms with Crippen LogP contribution in [0.3, 0.4) is 0 Å². The summed E-state index contributed by atoms with van der Waals surface area (Å²) in [4.78, 5) is 0. The highest BCUT2D eigenvalue weighted by molar-refractivity contribution is 5.24. The second-order valence-electron chi connectivity index (χ2n) is 6.57. The van der Waals surface area contributed by atoms with Crippen molar-refractivity contribution in [2.75, 3.05) is 6.61 Å². The molecule has 0 radical (unpaired) electrons. The van der Waals surface area contributed by atoms with Gasteiger partial charge in [-0.1, -0.05) is 19.9 Å². The van der Waals surface area contributed by atoms with Crippen LogP contribution in [-0.2, 0) is 4.74 Å². The number of rotatable bonds is 3. The molecule has 20 heavy (non-hydrogen) atoms. The second-order valence-corrected chi connectivity index (χ2v) is 6.57. The van der Waals surface area contributed by atoms with Crippen molar-refractivity contribution in [3.05, 3.63) is 35.4 Å². The highest BCUT2D eigenvalue weighted by Crippen LogP contribution is 2.52. The molecule has 0 spiro atoms. The van der Waals surface area contributed by atoms with E-state index in [9.17, 15) is 8.78 Å². The van der Waals surface area contributed by atoms with E-state index < -0.39 is 11.6 Å². The summed E-state index contributed by atoms with van der Waals surface area (Å²) >= 11 is 0. The molecular formula is C16H21F2NO. The number of hydrogen-bond acceptors (Lipinski definition) is 2. The maximum Gasteiger partial charge on any atom is 0.130 e. The van der Waals surface area contributed by atoms with Gasteiger partial charge in [-0.15, -0.1) is 0 Å².